The van der Waals surface area contributed by atoms with Crippen molar-refractivity contribution in [1.82, 2.24) is 0 Å². The fourth-order valence-electron chi connectivity index (χ4n) is 1.34. The Morgan fingerprint density at radius 3 is 2.42 bits per heavy atom. The van der Waals surface area contributed by atoms with Crippen molar-refractivity contribution in [3.63, 3.8) is 0 Å². The molecule has 1 aliphatic rings. The van der Waals surface area contributed by atoms with Crippen LogP contribution in [0.25, 0.3) is 0 Å². The molecule has 0 N–H and O–H groups in total. The molecule has 1 aromatic rings. The van der Waals surface area contributed by atoms with Gasteiger partial charge >= 0.3 is 0 Å². The van der Waals surface area contributed by atoms with Gasteiger partial charge < -0.3 is 4.74 Å². The summed E-state index contributed by atoms with van der Waals surface area (Å²) in [4.78, 5) is 0. The summed E-state index contributed by atoms with van der Waals surface area (Å²) in [6.45, 7) is 2.04. The SMILES string of the molecule is CC1OC1C(Cl)c1ccccc1. The van der Waals surface area contributed by atoms with E-state index in [1.165, 1.54) is 0 Å². The predicted molar refractivity (Wildman–Crippen MR) is 49.4 cm³/mol. The summed E-state index contributed by atoms with van der Waals surface area (Å²) in [7, 11) is 0. The minimum atomic E-state index is 0.0150. The molecule has 64 valence electrons. The lowest BCUT2D eigenvalue weighted by molar-refractivity contribution is 0.374. The Labute approximate surface area is 77.3 Å². The monoisotopic (exact) mass is 182 g/mol. The van der Waals surface area contributed by atoms with Crippen molar-refractivity contribution < 1.29 is 4.74 Å². The highest BCUT2D eigenvalue weighted by atomic mass is 35.5. The summed E-state index contributed by atoms with van der Waals surface area (Å²) in [5.41, 5.74) is 1.15. The molecule has 0 aliphatic carbocycles. The predicted octanol–water partition coefficient (Wildman–Crippen LogP) is 2.75. The van der Waals surface area contributed by atoms with E-state index in [1.54, 1.807) is 0 Å². The number of hydrogen-bond donors (Lipinski definition) is 0. The molecule has 2 rings (SSSR count). The molecule has 0 aromatic heterocycles. The first-order valence-corrected chi connectivity index (χ1v) is 4.57. The van der Waals surface area contributed by atoms with Gasteiger partial charge in [-0.25, -0.2) is 0 Å². The van der Waals surface area contributed by atoms with Crippen molar-refractivity contribution >= 4 is 11.6 Å². The Hall–Kier alpha value is -0.530. The Kier molecular flexibility index (Phi) is 2.07. The Balaban J connectivity index is 2.10. The average Bonchev–Trinajstić information content (AvgIpc) is 2.83. The quantitative estimate of drug-likeness (QED) is 0.506. The van der Waals surface area contributed by atoms with Crippen molar-refractivity contribution in [2.45, 2.75) is 24.5 Å². The first-order chi connectivity index (χ1) is 5.79. The van der Waals surface area contributed by atoms with E-state index in [0.29, 0.717) is 6.10 Å². The summed E-state index contributed by atoms with van der Waals surface area (Å²) in [5.74, 6) is 0. The molecule has 3 atom stereocenters. The second-order valence-corrected chi connectivity index (χ2v) is 3.59. The second-order valence-electron chi connectivity index (χ2n) is 3.12. The third-order valence-corrected chi connectivity index (χ3v) is 2.66. The Bertz CT molecular complexity index is 260. The van der Waals surface area contributed by atoms with E-state index in [9.17, 15) is 0 Å². The molecule has 0 radical (unpaired) electrons. The van der Waals surface area contributed by atoms with Crippen molar-refractivity contribution in [1.29, 1.82) is 0 Å². The van der Waals surface area contributed by atoms with Crippen LogP contribution in [0.4, 0.5) is 0 Å². The lowest BCUT2D eigenvalue weighted by atomic mass is 10.1. The van der Waals surface area contributed by atoms with Gasteiger partial charge in [0.05, 0.1) is 11.5 Å². The van der Waals surface area contributed by atoms with Crippen LogP contribution in [-0.4, -0.2) is 12.2 Å². The molecule has 3 unspecified atom stereocenters. The third kappa shape index (κ3) is 1.47. The summed E-state index contributed by atoms with van der Waals surface area (Å²) in [5, 5.41) is 0.0150. The lowest BCUT2D eigenvalue weighted by Gasteiger charge is -2.04. The van der Waals surface area contributed by atoms with Gasteiger partial charge in [-0.15, -0.1) is 11.6 Å². The zero-order chi connectivity index (χ0) is 8.55. The lowest BCUT2D eigenvalue weighted by Crippen LogP contribution is -2.00. The van der Waals surface area contributed by atoms with E-state index in [0.717, 1.165) is 5.56 Å². The molecule has 0 bridgehead atoms. The normalized spacial score (nSPS) is 29.8. The number of ether oxygens (including phenoxy) is 1. The molecule has 0 amide bonds. The van der Waals surface area contributed by atoms with Gasteiger partial charge in [0.1, 0.15) is 6.10 Å². The first-order valence-electron chi connectivity index (χ1n) is 4.13. The van der Waals surface area contributed by atoms with Crippen LogP contribution in [0.3, 0.4) is 0 Å². The molecule has 0 saturated carbocycles. The summed E-state index contributed by atoms with van der Waals surface area (Å²) >= 11 is 6.17. The number of hydrogen-bond acceptors (Lipinski definition) is 1. The molecule has 0 spiro atoms. The van der Waals surface area contributed by atoms with E-state index in [2.05, 4.69) is 0 Å². The summed E-state index contributed by atoms with van der Waals surface area (Å²) < 4.78 is 5.30. The third-order valence-electron chi connectivity index (χ3n) is 2.16. The van der Waals surface area contributed by atoms with Gasteiger partial charge in [-0.3, -0.25) is 0 Å². The van der Waals surface area contributed by atoms with Gasteiger partial charge in [0.25, 0.3) is 0 Å². The van der Waals surface area contributed by atoms with Gasteiger partial charge in [0.15, 0.2) is 0 Å². The second kappa shape index (κ2) is 3.08. The maximum absolute atomic E-state index is 6.17. The van der Waals surface area contributed by atoms with Crippen LogP contribution in [0, 0.1) is 0 Å². The maximum atomic E-state index is 6.17. The van der Waals surface area contributed by atoms with Crippen LogP contribution in [0.15, 0.2) is 30.3 Å². The number of benzene rings is 1. The van der Waals surface area contributed by atoms with Crippen LogP contribution >= 0.6 is 11.6 Å². The molecular formula is C10H11ClO. The maximum Gasteiger partial charge on any atom is 0.104 e. The van der Waals surface area contributed by atoms with E-state index in [-0.39, 0.29) is 11.5 Å². The van der Waals surface area contributed by atoms with Crippen molar-refractivity contribution in [3.05, 3.63) is 35.9 Å². The zero-order valence-corrected chi connectivity index (χ0v) is 7.66. The van der Waals surface area contributed by atoms with E-state index >= 15 is 0 Å². The van der Waals surface area contributed by atoms with Gasteiger partial charge in [-0.05, 0) is 12.5 Å². The van der Waals surface area contributed by atoms with Gasteiger partial charge in [-0.2, -0.15) is 0 Å². The molecule has 12 heavy (non-hydrogen) atoms. The molecule has 1 fully saturated rings. The molecule has 1 aromatic carbocycles. The molecule has 1 nitrogen and oxygen atoms in total. The van der Waals surface area contributed by atoms with E-state index < -0.39 is 0 Å². The standard InChI is InChI=1S/C10H11ClO/c1-7-10(12-7)9(11)8-5-3-2-4-6-8/h2-7,9-10H,1H3. The van der Waals surface area contributed by atoms with Crippen molar-refractivity contribution in [2.24, 2.45) is 0 Å². The fourth-order valence-corrected chi connectivity index (χ4v) is 1.75. The fraction of sp³-hybridized carbons (Fsp3) is 0.400. The summed E-state index contributed by atoms with van der Waals surface area (Å²) in [6.07, 6.45) is 0.543. The van der Waals surface area contributed by atoms with Crippen LogP contribution in [0.5, 0.6) is 0 Å². The summed E-state index contributed by atoms with van der Waals surface area (Å²) in [6, 6.07) is 10.1. The highest BCUT2D eigenvalue weighted by Gasteiger charge is 2.40. The highest BCUT2D eigenvalue weighted by molar-refractivity contribution is 6.21. The topological polar surface area (TPSA) is 12.5 Å². The van der Waals surface area contributed by atoms with Crippen LogP contribution in [0.2, 0.25) is 0 Å². The molecule has 1 heterocycles. The van der Waals surface area contributed by atoms with E-state index in [4.69, 9.17) is 16.3 Å². The van der Waals surface area contributed by atoms with Crippen LogP contribution in [0.1, 0.15) is 17.9 Å². The molecule has 2 heteroatoms. The average molecular weight is 183 g/mol. The molecule has 1 saturated heterocycles. The number of halogens is 1. The van der Waals surface area contributed by atoms with Gasteiger partial charge in [-0.1, -0.05) is 30.3 Å². The zero-order valence-electron chi connectivity index (χ0n) is 6.91. The van der Waals surface area contributed by atoms with Crippen LogP contribution < -0.4 is 0 Å². The number of epoxide rings is 1. The number of rotatable bonds is 2. The first kappa shape index (κ1) is 8.09. The molecular weight excluding hydrogens is 172 g/mol. The molecule has 1 aliphatic heterocycles. The highest BCUT2D eigenvalue weighted by Crippen LogP contribution is 2.38. The minimum absolute atomic E-state index is 0.0150. The van der Waals surface area contributed by atoms with Crippen LogP contribution in [-0.2, 0) is 4.74 Å². The van der Waals surface area contributed by atoms with Gasteiger partial charge in [0, 0.05) is 0 Å². The van der Waals surface area contributed by atoms with Gasteiger partial charge in [0.2, 0.25) is 0 Å². The minimum Gasteiger partial charge on any atom is -0.368 e. The number of alkyl halides is 1. The van der Waals surface area contributed by atoms with E-state index in [1.807, 2.05) is 37.3 Å². The van der Waals surface area contributed by atoms with Crippen molar-refractivity contribution in [3.8, 4) is 0 Å². The Morgan fingerprint density at radius 2 is 1.92 bits per heavy atom. The Morgan fingerprint density at radius 1 is 1.33 bits per heavy atom. The van der Waals surface area contributed by atoms with Crippen molar-refractivity contribution in [2.75, 3.05) is 0 Å². The largest absolute Gasteiger partial charge is 0.368 e. The smallest absolute Gasteiger partial charge is 0.104 e.